The molecule has 0 bridgehead atoms. The summed E-state index contributed by atoms with van der Waals surface area (Å²) in [6.45, 7) is 2.37. The van der Waals surface area contributed by atoms with Gasteiger partial charge in [0.1, 0.15) is 0 Å². The van der Waals surface area contributed by atoms with Gasteiger partial charge in [0, 0.05) is 5.69 Å². The second-order valence-electron chi connectivity index (χ2n) is 8.01. The molecular formula is C26H21N. The summed E-state index contributed by atoms with van der Waals surface area (Å²) in [5.74, 6) is 0.498. The maximum Gasteiger partial charge on any atom is 0.0691 e. The number of allylic oxidation sites excluding steroid dienone is 4. The second kappa shape index (κ2) is 5.01. The maximum atomic E-state index is 6.31. The van der Waals surface area contributed by atoms with E-state index in [0.717, 1.165) is 12.1 Å². The Kier molecular flexibility index (Phi) is 2.79. The van der Waals surface area contributed by atoms with E-state index >= 15 is 0 Å². The number of benzene rings is 3. The molecule has 0 fully saturated rings. The van der Waals surface area contributed by atoms with Crippen molar-refractivity contribution in [2.24, 2.45) is 5.92 Å². The van der Waals surface area contributed by atoms with E-state index < -0.39 is 0 Å². The Morgan fingerprint density at radius 3 is 2.30 bits per heavy atom. The van der Waals surface area contributed by atoms with E-state index in [1.54, 1.807) is 5.57 Å². The van der Waals surface area contributed by atoms with Gasteiger partial charge in [-0.1, -0.05) is 73.7 Å². The third-order valence-corrected chi connectivity index (χ3v) is 6.65. The highest BCUT2D eigenvalue weighted by molar-refractivity contribution is 5.97. The van der Waals surface area contributed by atoms with E-state index in [0.29, 0.717) is 5.92 Å². The minimum atomic E-state index is -0.211. The minimum Gasteiger partial charge on any atom is -0.399 e. The molecule has 3 aromatic carbocycles. The zero-order chi connectivity index (χ0) is 18.2. The van der Waals surface area contributed by atoms with Crippen molar-refractivity contribution >= 4 is 11.3 Å². The van der Waals surface area contributed by atoms with Crippen LogP contribution < -0.4 is 5.73 Å². The molecule has 130 valence electrons. The standard InChI is InChI=1S/C26H21N/c1-16-7-6-10-21-19-9-3-5-12-23(19)26(25(16)21)22-11-4-2-8-18(22)20-14-13-17(27)15-24(20)26/h2-6,8-16H,7,27H2,1H3. The highest BCUT2D eigenvalue weighted by Crippen LogP contribution is 2.64. The van der Waals surface area contributed by atoms with Crippen LogP contribution in [0.2, 0.25) is 0 Å². The molecule has 0 aliphatic heterocycles. The first-order chi connectivity index (χ1) is 13.2. The summed E-state index contributed by atoms with van der Waals surface area (Å²) >= 11 is 0. The lowest BCUT2D eigenvalue weighted by Crippen LogP contribution is -2.30. The van der Waals surface area contributed by atoms with E-state index in [1.165, 1.54) is 39.0 Å². The van der Waals surface area contributed by atoms with Gasteiger partial charge in [0.2, 0.25) is 0 Å². The molecule has 3 aliphatic carbocycles. The van der Waals surface area contributed by atoms with Crippen LogP contribution in [0, 0.1) is 5.92 Å². The lowest BCUT2D eigenvalue weighted by atomic mass is 9.65. The van der Waals surface area contributed by atoms with Crippen LogP contribution in [0.25, 0.3) is 16.7 Å². The summed E-state index contributed by atoms with van der Waals surface area (Å²) in [4.78, 5) is 0. The Bertz CT molecular complexity index is 1180. The first-order valence-electron chi connectivity index (χ1n) is 9.74. The van der Waals surface area contributed by atoms with E-state index in [4.69, 9.17) is 5.73 Å². The van der Waals surface area contributed by atoms with Crippen LogP contribution in [0.4, 0.5) is 5.69 Å². The molecule has 0 heterocycles. The van der Waals surface area contributed by atoms with Crippen LogP contribution in [-0.2, 0) is 5.41 Å². The van der Waals surface area contributed by atoms with Gasteiger partial charge in [-0.05, 0) is 69.0 Å². The number of rotatable bonds is 0. The van der Waals surface area contributed by atoms with E-state index in [2.05, 4.69) is 79.7 Å². The summed E-state index contributed by atoms with van der Waals surface area (Å²) in [6.07, 6.45) is 5.77. The minimum absolute atomic E-state index is 0.211. The Morgan fingerprint density at radius 1 is 0.815 bits per heavy atom. The van der Waals surface area contributed by atoms with Crippen molar-refractivity contribution in [1.29, 1.82) is 0 Å². The quantitative estimate of drug-likeness (QED) is 0.500. The molecule has 0 aromatic heterocycles. The van der Waals surface area contributed by atoms with Gasteiger partial charge in [0.05, 0.1) is 5.41 Å². The fourth-order valence-corrected chi connectivity index (χ4v) is 5.74. The topological polar surface area (TPSA) is 26.0 Å². The molecule has 0 amide bonds. The summed E-state index contributed by atoms with van der Waals surface area (Å²) < 4.78 is 0. The molecule has 3 aromatic rings. The van der Waals surface area contributed by atoms with Crippen molar-refractivity contribution in [3.05, 3.63) is 107 Å². The molecule has 1 spiro atoms. The van der Waals surface area contributed by atoms with Gasteiger partial charge in [-0.2, -0.15) is 0 Å². The monoisotopic (exact) mass is 347 g/mol. The normalized spacial score (nSPS) is 24.0. The van der Waals surface area contributed by atoms with Crippen molar-refractivity contribution in [3.63, 3.8) is 0 Å². The van der Waals surface area contributed by atoms with Crippen molar-refractivity contribution in [2.75, 3.05) is 5.73 Å². The fraction of sp³-hybridized carbons (Fsp3) is 0.154. The molecule has 2 unspecified atom stereocenters. The third-order valence-electron chi connectivity index (χ3n) is 6.65. The summed E-state index contributed by atoms with van der Waals surface area (Å²) in [7, 11) is 0. The zero-order valence-electron chi connectivity index (χ0n) is 15.4. The SMILES string of the molecule is CC1CC=CC2=C1C1(c3ccccc32)c2ccccc2-c2ccc(N)cc21. The van der Waals surface area contributed by atoms with Gasteiger partial charge in [0.25, 0.3) is 0 Å². The Hall–Kier alpha value is -3.06. The molecule has 6 rings (SSSR count). The second-order valence-corrected chi connectivity index (χ2v) is 8.01. The highest BCUT2D eigenvalue weighted by Gasteiger charge is 2.53. The van der Waals surface area contributed by atoms with Crippen LogP contribution in [0.3, 0.4) is 0 Å². The van der Waals surface area contributed by atoms with Crippen molar-refractivity contribution in [3.8, 4) is 11.1 Å². The summed E-state index contributed by atoms with van der Waals surface area (Å²) in [5, 5.41) is 0. The Labute approximate surface area is 159 Å². The maximum absolute atomic E-state index is 6.31. The van der Waals surface area contributed by atoms with Crippen molar-refractivity contribution in [1.82, 2.24) is 0 Å². The molecule has 27 heavy (non-hydrogen) atoms. The Morgan fingerprint density at radius 2 is 1.48 bits per heavy atom. The molecule has 0 saturated carbocycles. The molecule has 1 nitrogen and oxygen atoms in total. The molecule has 2 N–H and O–H groups in total. The number of nitrogen functional groups attached to an aromatic ring is 1. The number of hydrogen-bond donors (Lipinski definition) is 1. The lowest BCUT2D eigenvalue weighted by molar-refractivity contribution is 0.591. The number of nitrogens with two attached hydrogens (primary N) is 1. The molecule has 0 saturated heterocycles. The molecular weight excluding hydrogens is 326 g/mol. The van der Waals surface area contributed by atoms with Crippen LogP contribution >= 0.6 is 0 Å². The lowest BCUT2D eigenvalue weighted by Gasteiger charge is -2.36. The third kappa shape index (κ3) is 1.66. The molecule has 1 heteroatoms. The highest BCUT2D eigenvalue weighted by atomic mass is 14.6. The van der Waals surface area contributed by atoms with E-state index in [9.17, 15) is 0 Å². The van der Waals surface area contributed by atoms with Gasteiger partial charge in [0.15, 0.2) is 0 Å². The summed E-state index contributed by atoms with van der Waals surface area (Å²) in [5.41, 5.74) is 18.1. The van der Waals surface area contributed by atoms with Gasteiger partial charge in [-0.25, -0.2) is 0 Å². The van der Waals surface area contributed by atoms with Gasteiger partial charge in [-0.15, -0.1) is 0 Å². The predicted molar refractivity (Wildman–Crippen MR) is 112 cm³/mol. The average molecular weight is 347 g/mol. The van der Waals surface area contributed by atoms with Crippen LogP contribution in [0.1, 0.15) is 35.6 Å². The Balaban J connectivity index is 1.85. The van der Waals surface area contributed by atoms with E-state index in [1.807, 2.05) is 6.07 Å². The van der Waals surface area contributed by atoms with Crippen LogP contribution in [0.5, 0.6) is 0 Å². The average Bonchev–Trinajstić information content (AvgIpc) is 3.16. The van der Waals surface area contributed by atoms with Gasteiger partial charge < -0.3 is 5.73 Å². The molecule has 3 aliphatic rings. The first kappa shape index (κ1) is 15.0. The number of hydrogen-bond acceptors (Lipinski definition) is 1. The number of anilines is 1. The van der Waals surface area contributed by atoms with Gasteiger partial charge >= 0.3 is 0 Å². The summed E-state index contributed by atoms with van der Waals surface area (Å²) in [6, 6.07) is 24.3. The van der Waals surface area contributed by atoms with Gasteiger partial charge in [-0.3, -0.25) is 0 Å². The smallest absolute Gasteiger partial charge is 0.0691 e. The molecule has 2 atom stereocenters. The molecule has 0 radical (unpaired) electrons. The van der Waals surface area contributed by atoms with Crippen molar-refractivity contribution < 1.29 is 0 Å². The fourth-order valence-electron chi connectivity index (χ4n) is 5.74. The largest absolute Gasteiger partial charge is 0.399 e. The number of fused-ring (bicyclic) bond motifs is 9. The van der Waals surface area contributed by atoms with E-state index in [-0.39, 0.29) is 5.41 Å². The van der Waals surface area contributed by atoms with Crippen molar-refractivity contribution in [2.45, 2.75) is 18.8 Å². The zero-order valence-corrected chi connectivity index (χ0v) is 15.4. The van der Waals surface area contributed by atoms with Crippen LogP contribution in [-0.4, -0.2) is 0 Å². The predicted octanol–water partition coefficient (Wildman–Crippen LogP) is 5.95. The first-order valence-corrected chi connectivity index (χ1v) is 9.74. The van der Waals surface area contributed by atoms with Crippen LogP contribution in [0.15, 0.2) is 84.5 Å².